The van der Waals surface area contributed by atoms with Crippen molar-refractivity contribution in [1.82, 2.24) is 4.98 Å². The summed E-state index contributed by atoms with van der Waals surface area (Å²) in [6.45, 7) is 6.26. The molecule has 1 aromatic heterocycles. The Morgan fingerprint density at radius 2 is 2.29 bits per heavy atom. The van der Waals surface area contributed by atoms with Crippen LogP contribution in [0.3, 0.4) is 0 Å². The van der Waals surface area contributed by atoms with E-state index in [1.54, 1.807) is 11.3 Å². The molecule has 0 saturated heterocycles. The Morgan fingerprint density at radius 1 is 1.59 bits per heavy atom. The number of nitrogens with zero attached hydrogens (tertiary/aromatic N) is 2. The Bertz CT molecular complexity index is 380. The average Bonchev–Trinajstić information content (AvgIpc) is 2.59. The van der Waals surface area contributed by atoms with Gasteiger partial charge in [-0.15, -0.1) is 33.2 Å². The SMILES string of the molecule is Cc1nc(C(C)C)sc1CCSCO[N+](=O)[O-]. The van der Waals surface area contributed by atoms with Crippen LogP contribution in [0.2, 0.25) is 0 Å². The molecule has 0 spiro atoms. The van der Waals surface area contributed by atoms with Crippen molar-refractivity contribution < 1.29 is 9.92 Å². The van der Waals surface area contributed by atoms with Crippen molar-refractivity contribution in [2.75, 3.05) is 11.7 Å². The molecule has 96 valence electrons. The van der Waals surface area contributed by atoms with E-state index in [4.69, 9.17) is 0 Å². The van der Waals surface area contributed by atoms with Gasteiger partial charge in [0.1, 0.15) is 5.94 Å². The van der Waals surface area contributed by atoms with E-state index in [1.807, 2.05) is 6.92 Å². The minimum absolute atomic E-state index is 0.0991. The molecule has 0 bridgehead atoms. The van der Waals surface area contributed by atoms with E-state index in [9.17, 15) is 10.1 Å². The van der Waals surface area contributed by atoms with Gasteiger partial charge in [0.05, 0.1) is 10.7 Å². The van der Waals surface area contributed by atoms with Crippen molar-refractivity contribution in [3.05, 3.63) is 25.7 Å². The fraction of sp³-hybridized carbons (Fsp3) is 0.700. The summed E-state index contributed by atoms with van der Waals surface area (Å²) in [5, 5.41) is 10.3. The predicted octanol–water partition coefficient (Wildman–Crippen LogP) is 3.02. The number of rotatable bonds is 7. The zero-order chi connectivity index (χ0) is 12.8. The molecule has 0 atom stereocenters. The number of hydrogen-bond donors (Lipinski definition) is 0. The topological polar surface area (TPSA) is 65.3 Å². The maximum Gasteiger partial charge on any atom is 0.295 e. The van der Waals surface area contributed by atoms with Crippen molar-refractivity contribution in [3.63, 3.8) is 0 Å². The molecule has 1 rings (SSSR count). The monoisotopic (exact) mass is 276 g/mol. The van der Waals surface area contributed by atoms with Crippen molar-refractivity contribution >= 4 is 23.1 Å². The van der Waals surface area contributed by atoms with Crippen LogP contribution in [0.4, 0.5) is 0 Å². The minimum atomic E-state index is -0.762. The first-order chi connectivity index (χ1) is 8.00. The highest BCUT2D eigenvalue weighted by atomic mass is 32.2. The van der Waals surface area contributed by atoms with Gasteiger partial charge in [-0.2, -0.15) is 0 Å². The molecule has 0 aliphatic heterocycles. The van der Waals surface area contributed by atoms with Gasteiger partial charge in [-0.25, -0.2) is 4.98 Å². The van der Waals surface area contributed by atoms with Gasteiger partial charge in [-0.1, -0.05) is 13.8 Å². The van der Waals surface area contributed by atoms with Gasteiger partial charge in [0.15, 0.2) is 0 Å². The summed E-state index contributed by atoms with van der Waals surface area (Å²) >= 11 is 3.15. The summed E-state index contributed by atoms with van der Waals surface area (Å²) in [6.07, 6.45) is 0.891. The molecule has 5 nitrogen and oxygen atoms in total. The molecule has 0 N–H and O–H groups in total. The second kappa shape index (κ2) is 6.80. The summed E-state index contributed by atoms with van der Waals surface area (Å²) in [7, 11) is 0. The molecule has 0 aliphatic carbocycles. The molecule has 17 heavy (non-hydrogen) atoms. The fourth-order valence-electron chi connectivity index (χ4n) is 1.23. The highest BCUT2D eigenvalue weighted by molar-refractivity contribution is 7.99. The Labute approximate surface area is 109 Å². The lowest BCUT2D eigenvalue weighted by atomic mass is 10.2. The number of aryl methyl sites for hydroxylation is 2. The van der Waals surface area contributed by atoms with Crippen LogP contribution < -0.4 is 0 Å². The second-order valence-electron chi connectivity index (χ2n) is 3.84. The lowest BCUT2D eigenvalue weighted by Crippen LogP contribution is -2.00. The third kappa shape index (κ3) is 4.91. The van der Waals surface area contributed by atoms with Crippen LogP contribution in [0, 0.1) is 17.0 Å². The van der Waals surface area contributed by atoms with Crippen molar-refractivity contribution in [2.45, 2.75) is 33.1 Å². The van der Waals surface area contributed by atoms with Crippen LogP contribution in [0.1, 0.15) is 35.3 Å². The van der Waals surface area contributed by atoms with E-state index in [2.05, 4.69) is 23.7 Å². The molecule has 1 aromatic rings. The van der Waals surface area contributed by atoms with Crippen LogP contribution in [0.5, 0.6) is 0 Å². The molecular weight excluding hydrogens is 260 g/mol. The Kier molecular flexibility index (Phi) is 5.70. The minimum Gasteiger partial charge on any atom is -0.303 e. The van der Waals surface area contributed by atoms with E-state index >= 15 is 0 Å². The maximum atomic E-state index is 9.93. The smallest absolute Gasteiger partial charge is 0.295 e. The summed E-state index contributed by atoms with van der Waals surface area (Å²) in [4.78, 5) is 19.9. The van der Waals surface area contributed by atoms with Crippen LogP contribution in [0.25, 0.3) is 0 Å². The number of thioether (sulfide) groups is 1. The van der Waals surface area contributed by atoms with Gasteiger partial charge in [0, 0.05) is 16.5 Å². The summed E-state index contributed by atoms with van der Waals surface area (Å²) in [6, 6.07) is 0. The second-order valence-corrected chi connectivity index (χ2v) is 6.01. The quantitative estimate of drug-likeness (QED) is 0.331. The first-order valence-electron chi connectivity index (χ1n) is 5.32. The third-order valence-corrected chi connectivity index (χ3v) is 4.40. The van der Waals surface area contributed by atoms with E-state index in [0.29, 0.717) is 5.92 Å². The highest BCUT2D eigenvalue weighted by Gasteiger charge is 2.10. The van der Waals surface area contributed by atoms with Crippen LogP contribution >= 0.6 is 23.1 Å². The Balaban J connectivity index is 2.34. The zero-order valence-electron chi connectivity index (χ0n) is 10.1. The van der Waals surface area contributed by atoms with Gasteiger partial charge < -0.3 is 4.84 Å². The van der Waals surface area contributed by atoms with E-state index in [0.717, 1.165) is 22.9 Å². The Hall–Kier alpha value is -0.820. The predicted molar refractivity (Wildman–Crippen MR) is 70.0 cm³/mol. The van der Waals surface area contributed by atoms with E-state index < -0.39 is 5.09 Å². The van der Waals surface area contributed by atoms with Gasteiger partial charge in [0.25, 0.3) is 5.09 Å². The van der Waals surface area contributed by atoms with Crippen LogP contribution in [-0.2, 0) is 11.3 Å². The molecule has 0 aromatic carbocycles. The van der Waals surface area contributed by atoms with E-state index in [1.165, 1.54) is 16.6 Å². The molecule has 0 aliphatic rings. The first kappa shape index (κ1) is 14.2. The van der Waals surface area contributed by atoms with Gasteiger partial charge >= 0.3 is 0 Å². The lowest BCUT2D eigenvalue weighted by Gasteiger charge is -1.99. The lowest BCUT2D eigenvalue weighted by molar-refractivity contribution is -0.752. The molecule has 0 fully saturated rings. The van der Waals surface area contributed by atoms with Gasteiger partial charge in [0.2, 0.25) is 0 Å². The molecule has 0 saturated carbocycles. The number of aromatic nitrogens is 1. The normalized spacial score (nSPS) is 10.8. The molecule has 0 radical (unpaired) electrons. The van der Waals surface area contributed by atoms with Gasteiger partial charge in [-0.3, -0.25) is 0 Å². The van der Waals surface area contributed by atoms with Crippen molar-refractivity contribution in [3.8, 4) is 0 Å². The summed E-state index contributed by atoms with van der Waals surface area (Å²) in [5.41, 5.74) is 1.08. The highest BCUT2D eigenvalue weighted by Crippen LogP contribution is 2.25. The van der Waals surface area contributed by atoms with Crippen molar-refractivity contribution in [1.29, 1.82) is 0 Å². The first-order valence-corrected chi connectivity index (χ1v) is 7.29. The molecule has 0 amide bonds. The number of hydrogen-bond acceptors (Lipinski definition) is 6. The largest absolute Gasteiger partial charge is 0.303 e. The van der Waals surface area contributed by atoms with Crippen molar-refractivity contribution in [2.24, 2.45) is 0 Å². The molecule has 1 heterocycles. The molecule has 0 unspecified atom stereocenters. The molecular formula is C10H16N2O3S2. The third-order valence-electron chi connectivity index (χ3n) is 2.12. The average molecular weight is 276 g/mol. The maximum absolute atomic E-state index is 9.93. The summed E-state index contributed by atoms with van der Waals surface area (Å²) in [5.74, 6) is 1.37. The molecule has 7 heteroatoms. The van der Waals surface area contributed by atoms with E-state index in [-0.39, 0.29) is 5.94 Å². The standard InChI is InChI=1S/C10H16N2O3S2/c1-7(2)10-11-8(3)9(17-10)4-5-16-6-15-12(13)14/h7H,4-6H2,1-3H3. The fourth-order valence-corrected chi connectivity index (χ4v) is 3.06. The Morgan fingerprint density at radius 3 is 2.82 bits per heavy atom. The van der Waals surface area contributed by atoms with Crippen LogP contribution in [0.15, 0.2) is 0 Å². The summed E-state index contributed by atoms with van der Waals surface area (Å²) < 4.78 is 0. The van der Waals surface area contributed by atoms with Gasteiger partial charge in [-0.05, 0) is 13.3 Å². The number of thiazole rings is 1. The van der Waals surface area contributed by atoms with Crippen LogP contribution in [-0.4, -0.2) is 21.8 Å². The zero-order valence-corrected chi connectivity index (χ0v) is 11.8.